The lowest BCUT2D eigenvalue weighted by Crippen LogP contribution is -2.02. The molecule has 1 aliphatic rings. The highest BCUT2D eigenvalue weighted by Gasteiger charge is 2.19. The molecule has 3 heteroatoms. The molecule has 0 amide bonds. The van der Waals surface area contributed by atoms with E-state index in [1.54, 1.807) is 0 Å². The summed E-state index contributed by atoms with van der Waals surface area (Å²) in [5, 5.41) is 6.48. The maximum absolute atomic E-state index is 4.16. The first-order valence-corrected chi connectivity index (χ1v) is 5.75. The SMILES string of the molecule is CNc1cncc(NCCCC2CC2)c1. The van der Waals surface area contributed by atoms with Crippen molar-refractivity contribution in [1.29, 1.82) is 0 Å². The molecule has 2 N–H and O–H groups in total. The Morgan fingerprint density at radius 1 is 1.33 bits per heavy atom. The molecular weight excluding hydrogens is 186 g/mol. The number of hydrogen-bond donors (Lipinski definition) is 2. The van der Waals surface area contributed by atoms with Crippen molar-refractivity contribution in [2.75, 3.05) is 24.2 Å². The Morgan fingerprint density at radius 2 is 2.13 bits per heavy atom. The van der Waals surface area contributed by atoms with Gasteiger partial charge in [-0.2, -0.15) is 0 Å². The topological polar surface area (TPSA) is 37.0 Å². The van der Waals surface area contributed by atoms with E-state index in [2.05, 4.69) is 21.7 Å². The minimum absolute atomic E-state index is 1.04. The standard InChI is InChI=1S/C12H19N3/c1-13-11-7-12(9-14-8-11)15-6-2-3-10-4-5-10/h7-10,13,15H,2-6H2,1H3. The summed E-state index contributed by atoms with van der Waals surface area (Å²) in [7, 11) is 1.91. The third-order valence-electron chi connectivity index (χ3n) is 2.84. The minimum atomic E-state index is 1.04. The fraction of sp³-hybridized carbons (Fsp3) is 0.583. The smallest absolute Gasteiger partial charge is 0.0547 e. The molecule has 0 unspecified atom stereocenters. The zero-order valence-electron chi connectivity index (χ0n) is 9.29. The molecule has 0 atom stereocenters. The fourth-order valence-electron chi connectivity index (χ4n) is 1.70. The molecule has 0 radical (unpaired) electrons. The summed E-state index contributed by atoms with van der Waals surface area (Å²) in [5.74, 6) is 1.04. The lowest BCUT2D eigenvalue weighted by molar-refractivity contribution is 0.687. The van der Waals surface area contributed by atoms with E-state index in [0.29, 0.717) is 0 Å². The van der Waals surface area contributed by atoms with Gasteiger partial charge in [-0.3, -0.25) is 4.98 Å². The minimum Gasteiger partial charge on any atom is -0.387 e. The monoisotopic (exact) mass is 205 g/mol. The molecule has 0 bridgehead atoms. The Hall–Kier alpha value is -1.25. The number of nitrogens with zero attached hydrogens (tertiary/aromatic N) is 1. The van der Waals surface area contributed by atoms with E-state index in [9.17, 15) is 0 Å². The zero-order chi connectivity index (χ0) is 10.5. The average Bonchev–Trinajstić information content (AvgIpc) is 3.09. The highest BCUT2D eigenvalue weighted by atomic mass is 14.9. The van der Waals surface area contributed by atoms with Crippen molar-refractivity contribution >= 4 is 11.4 Å². The van der Waals surface area contributed by atoms with Crippen LogP contribution in [0.3, 0.4) is 0 Å². The van der Waals surface area contributed by atoms with Crippen LogP contribution >= 0.6 is 0 Å². The Labute approximate surface area is 91.3 Å². The summed E-state index contributed by atoms with van der Waals surface area (Å²) < 4.78 is 0. The molecule has 0 aromatic carbocycles. The Bertz CT molecular complexity index is 307. The predicted octanol–water partition coefficient (Wildman–Crippen LogP) is 2.73. The number of aromatic nitrogens is 1. The molecular formula is C12H19N3. The van der Waals surface area contributed by atoms with Gasteiger partial charge in [0.25, 0.3) is 0 Å². The molecule has 82 valence electrons. The summed E-state index contributed by atoms with van der Waals surface area (Å²) in [4.78, 5) is 4.16. The highest BCUT2D eigenvalue weighted by molar-refractivity contribution is 5.53. The maximum Gasteiger partial charge on any atom is 0.0547 e. The normalized spacial score (nSPS) is 15.0. The number of pyridine rings is 1. The summed E-state index contributed by atoms with van der Waals surface area (Å²) in [6.07, 6.45) is 9.27. The summed E-state index contributed by atoms with van der Waals surface area (Å²) >= 11 is 0. The first kappa shape index (κ1) is 10.3. The van der Waals surface area contributed by atoms with Crippen molar-refractivity contribution in [2.45, 2.75) is 25.7 Å². The van der Waals surface area contributed by atoms with Crippen LogP contribution < -0.4 is 10.6 Å². The maximum atomic E-state index is 4.16. The van der Waals surface area contributed by atoms with Crippen LogP contribution in [0.1, 0.15) is 25.7 Å². The number of anilines is 2. The molecule has 15 heavy (non-hydrogen) atoms. The lowest BCUT2D eigenvalue weighted by atomic mass is 10.2. The Morgan fingerprint density at radius 3 is 2.87 bits per heavy atom. The summed E-state index contributed by atoms with van der Waals surface area (Å²) in [6, 6.07) is 2.09. The number of hydrogen-bond acceptors (Lipinski definition) is 3. The van der Waals surface area contributed by atoms with E-state index >= 15 is 0 Å². The molecule has 1 saturated carbocycles. The second-order valence-electron chi connectivity index (χ2n) is 4.22. The van der Waals surface area contributed by atoms with Crippen LogP contribution in [0.15, 0.2) is 18.5 Å². The van der Waals surface area contributed by atoms with Crippen LogP contribution in [0, 0.1) is 5.92 Å². The van der Waals surface area contributed by atoms with Crippen molar-refractivity contribution in [2.24, 2.45) is 5.92 Å². The largest absolute Gasteiger partial charge is 0.387 e. The van der Waals surface area contributed by atoms with Gasteiger partial charge in [-0.15, -0.1) is 0 Å². The zero-order valence-corrected chi connectivity index (χ0v) is 9.29. The first-order valence-electron chi connectivity index (χ1n) is 5.75. The molecule has 0 aliphatic heterocycles. The van der Waals surface area contributed by atoms with E-state index in [1.807, 2.05) is 19.4 Å². The van der Waals surface area contributed by atoms with Crippen molar-refractivity contribution in [3.05, 3.63) is 18.5 Å². The van der Waals surface area contributed by atoms with Gasteiger partial charge in [-0.25, -0.2) is 0 Å². The van der Waals surface area contributed by atoms with Crippen molar-refractivity contribution in [1.82, 2.24) is 4.98 Å². The van der Waals surface area contributed by atoms with Gasteiger partial charge in [0.05, 0.1) is 23.8 Å². The molecule has 1 heterocycles. The molecule has 1 aromatic rings. The molecule has 3 nitrogen and oxygen atoms in total. The highest BCUT2D eigenvalue weighted by Crippen LogP contribution is 2.33. The second kappa shape index (κ2) is 5.01. The van der Waals surface area contributed by atoms with Crippen LogP contribution in [0.4, 0.5) is 11.4 Å². The Kier molecular flexibility index (Phi) is 3.43. The third-order valence-corrected chi connectivity index (χ3v) is 2.84. The van der Waals surface area contributed by atoms with Gasteiger partial charge >= 0.3 is 0 Å². The number of nitrogens with one attached hydrogen (secondary N) is 2. The van der Waals surface area contributed by atoms with E-state index in [0.717, 1.165) is 23.8 Å². The van der Waals surface area contributed by atoms with Crippen LogP contribution in [-0.4, -0.2) is 18.6 Å². The molecule has 1 aliphatic carbocycles. The van der Waals surface area contributed by atoms with Gasteiger partial charge in [0.2, 0.25) is 0 Å². The average molecular weight is 205 g/mol. The summed E-state index contributed by atoms with van der Waals surface area (Å²) in [6.45, 7) is 1.06. The van der Waals surface area contributed by atoms with Crippen LogP contribution in [-0.2, 0) is 0 Å². The molecule has 2 rings (SSSR count). The predicted molar refractivity (Wildman–Crippen MR) is 64.2 cm³/mol. The molecule has 0 saturated heterocycles. The van der Waals surface area contributed by atoms with Crippen LogP contribution in [0.5, 0.6) is 0 Å². The second-order valence-corrected chi connectivity index (χ2v) is 4.22. The number of rotatable bonds is 6. The van der Waals surface area contributed by atoms with Crippen LogP contribution in [0.2, 0.25) is 0 Å². The van der Waals surface area contributed by atoms with Gasteiger partial charge in [0.1, 0.15) is 0 Å². The van der Waals surface area contributed by atoms with Crippen molar-refractivity contribution in [3.8, 4) is 0 Å². The van der Waals surface area contributed by atoms with Gasteiger partial charge in [0, 0.05) is 13.6 Å². The van der Waals surface area contributed by atoms with Gasteiger partial charge < -0.3 is 10.6 Å². The quantitative estimate of drug-likeness (QED) is 0.701. The molecule has 1 fully saturated rings. The van der Waals surface area contributed by atoms with E-state index in [4.69, 9.17) is 0 Å². The summed E-state index contributed by atoms with van der Waals surface area (Å²) in [5.41, 5.74) is 2.17. The van der Waals surface area contributed by atoms with Gasteiger partial charge in [0.15, 0.2) is 0 Å². The van der Waals surface area contributed by atoms with E-state index in [1.165, 1.54) is 25.7 Å². The van der Waals surface area contributed by atoms with E-state index in [-0.39, 0.29) is 0 Å². The first-order chi connectivity index (χ1) is 7.38. The fourth-order valence-corrected chi connectivity index (χ4v) is 1.70. The molecule has 0 spiro atoms. The van der Waals surface area contributed by atoms with Gasteiger partial charge in [-0.05, 0) is 24.8 Å². The van der Waals surface area contributed by atoms with E-state index < -0.39 is 0 Å². The van der Waals surface area contributed by atoms with Crippen LogP contribution in [0.25, 0.3) is 0 Å². The van der Waals surface area contributed by atoms with Crippen molar-refractivity contribution in [3.63, 3.8) is 0 Å². The molecule has 1 aromatic heterocycles. The third kappa shape index (κ3) is 3.42. The lowest BCUT2D eigenvalue weighted by Gasteiger charge is -2.07. The van der Waals surface area contributed by atoms with Gasteiger partial charge in [-0.1, -0.05) is 12.8 Å². The van der Waals surface area contributed by atoms with Crippen molar-refractivity contribution < 1.29 is 0 Å². The Balaban J connectivity index is 1.71.